The number of non-ortho nitro benzene ring substituents is 2. The van der Waals surface area contributed by atoms with E-state index >= 15 is 0 Å². The molecule has 4 rings (SSSR count). The van der Waals surface area contributed by atoms with Gasteiger partial charge in [0.25, 0.3) is 22.5 Å². The third-order valence-corrected chi connectivity index (χ3v) is 6.66. The fourth-order valence-electron chi connectivity index (χ4n) is 3.34. The molecule has 0 atom stereocenters. The summed E-state index contributed by atoms with van der Waals surface area (Å²) in [5.74, 6) is 0.0513. The quantitative estimate of drug-likeness (QED) is 0.181. The molecule has 0 bridgehead atoms. The van der Waals surface area contributed by atoms with Gasteiger partial charge in [-0.1, -0.05) is 18.2 Å². The molecule has 2 amide bonds. The molecule has 0 spiro atoms. The molecule has 1 saturated heterocycles. The largest absolute Gasteiger partial charge is 0.488 e. The summed E-state index contributed by atoms with van der Waals surface area (Å²) in [5, 5.41) is 21.3. The van der Waals surface area contributed by atoms with Gasteiger partial charge in [-0.3, -0.25) is 34.7 Å². The van der Waals surface area contributed by atoms with Crippen molar-refractivity contribution in [3.05, 3.63) is 113 Å². The van der Waals surface area contributed by atoms with Crippen LogP contribution in [0.1, 0.15) is 16.7 Å². The van der Waals surface area contributed by atoms with Gasteiger partial charge in [-0.05, 0) is 74.7 Å². The minimum absolute atomic E-state index is 0.00113. The molecule has 1 aliphatic heterocycles. The summed E-state index contributed by atoms with van der Waals surface area (Å²) in [6.45, 7) is 0.134. The number of benzene rings is 3. The Morgan fingerprint density at radius 1 is 0.917 bits per heavy atom. The van der Waals surface area contributed by atoms with Crippen LogP contribution in [0.5, 0.6) is 5.75 Å². The molecule has 0 N–H and O–H groups in total. The molecule has 1 fully saturated rings. The highest BCUT2D eigenvalue weighted by Gasteiger charge is 2.35. The molecule has 36 heavy (non-hydrogen) atoms. The monoisotopic (exact) mass is 569 g/mol. The van der Waals surface area contributed by atoms with Crippen molar-refractivity contribution in [1.82, 2.24) is 4.90 Å². The molecule has 3 aromatic rings. The number of hydrogen-bond donors (Lipinski definition) is 0. The summed E-state index contributed by atoms with van der Waals surface area (Å²) >= 11 is 4.23. The molecule has 0 radical (unpaired) electrons. The van der Waals surface area contributed by atoms with Crippen molar-refractivity contribution in [2.24, 2.45) is 0 Å². The third kappa shape index (κ3) is 5.78. The smallest absolute Gasteiger partial charge is 0.293 e. The Morgan fingerprint density at radius 2 is 1.64 bits per heavy atom. The Bertz CT molecular complexity index is 1410. The van der Waals surface area contributed by atoms with E-state index in [1.807, 2.05) is 0 Å². The molecule has 0 aromatic heterocycles. The lowest BCUT2D eigenvalue weighted by molar-refractivity contribution is -0.385. The summed E-state index contributed by atoms with van der Waals surface area (Å²) in [7, 11) is 0. The first-order valence-electron chi connectivity index (χ1n) is 10.4. The first-order valence-corrected chi connectivity index (χ1v) is 12.0. The van der Waals surface area contributed by atoms with E-state index in [4.69, 9.17) is 4.74 Å². The number of rotatable bonds is 8. The standard InChI is InChI=1S/C24H16BrN3O7S/c25-20-11-16(6-9-21(20)35-14-15-4-7-18(8-5-15)27(31)32)12-22-23(29)26(24(30)36-22)13-17-2-1-3-19(10-17)28(33)34/h1-12H,13-14H2/b22-12+. The van der Waals surface area contributed by atoms with Gasteiger partial charge in [0, 0.05) is 24.3 Å². The summed E-state index contributed by atoms with van der Waals surface area (Å²) in [4.78, 5) is 47.3. The molecule has 0 unspecified atom stereocenters. The number of ether oxygens (including phenoxy) is 1. The molecule has 1 aliphatic rings. The zero-order valence-corrected chi connectivity index (χ0v) is 20.7. The van der Waals surface area contributed by atoms with E-state index in [0.717, 1.165) is 22.2 Å². The number of imide groups is 1. The Kier molecular flexibility index (Phi) is 7.46. The molecular weight excluding hydrogens is 554 g/mol. The van der Waals surface area contributed by atoms with Crippen molar-refractivity contribution in [2.75, 3.05) is 0 Å². The molecule has 0 saturated carbocycles. The second kappa shape index (κ2) is 10.7. The number of hydrogen-bond acceptors (Lipinski definition) is 8. The van der Waals surface area contributed by atoms with Crippen LogP contribution in [-0.2, 0) is 17.9 Å². The van der Waals surface area contributed by atoms with Crippen molar-refractivity contribution >= 4 is 56.3 Å². The van der Waals surface area contributed by atoms with Crippen LogP contribution in [0, 0.1) is 20.2 Å². The lowest BCUT2D eigenvalue weighted by Gasteiger charge is -2.12. The first-order chi connectivity index (χ1) is 17.2. The maximum absolute atomic E-state index is 12.8. The van der Waals surface area contributed by atoms with Gasteiger partial charge in [0.05, 0.1) is 25.8 Å². The molecular formula is C24H16BrN3O7S. The molecule has 12 heteroatoms. The average Bonchev–Trinajstić information content (AvgIpc) is 3.11. The van der Waals surface area contributed by atoms with E-state index in [1.54, 1.807) is 42.5 Å². The topological polar surface area (TPSA) is 133 Å². The van der Waals surface area contributed by atoms with Crippen LogP contribution < -0.4 is 4.74 Å². The van der Waals surface area contributed by atoms with Gasteiger partial charge >= 0.3 is 0 Å². The van der Waals surface area contributed by atoms with Gasteiger partial charge in [-0.2, -0.15) is 0 Å². The first kappa shape index (κ1) is 25.1. The van der Waals surface area contributed by atoms with E-state index in [0.29, 0.717) is 21.3 Å². The van der Waals surface area contributed by atoms with Crippen molar-refractivity contribution in [2.45, 2.75) is 13.2 Å². The van der Waals surface area contributed by atoms with Crippen LogP contribution in [0.2, 0.25) is 0 Å². The summed E-state index contributed by atoms with van der Waals surface area (Å²) < 4.78 is 6.40. The highest BCUT2D eigenvalue weighted by molar-refractivity contribution is 9.10. The van der Waals surface area contributed by atoms with E-state index in [2.05, 4.69) is 15.9 Å². The lowest BCUT2D eigenvalue weighted by Crippen LogP contribution is -2.27. The van der Waals surface area contributed by atoms with Gasteiger partial charge in [0.2, 0.25) is 0 Å². The molecule has 10 nitrogen and oxygen atoms in total. The van der Waals surface area contributed by atoms with Crippen LogP contribution in [0.3, 0.4) is 0 Å². The molecule has 182 valence electrons. The zero-order valence-electron chi connectivity index (χ0n) is 18.3. The number of nitro benzene ring substituents is 2. The van der Waals surface area contributed by atoms with E-state index < -0.39 is 21.0 Å². The predicted molar refractivity (Wildman–Crippen MR) is 136 cm³/mol. The number of nitro groups is 2. The Labute approximate surface area is 217 Å². The van der Waals surface area contributed by atoms with E-state index in [9.17, 15) is 29.8 Å². The molecule has 0 aliphatic carbocycles. The SMILES string of the molecule is O=C1S/C(=C/c2ccc(OCc3ccc([N+](=O)[O-])cc3)c(Br)c2)C(=O)N1Cc1cccc([N+](=O)[O-])c1. The minimum Gasteiger partial charge on any atom is -0.488 e. The number of nitrogens with zero attached hydrogens (tertiary/aromatic N) is 3. The average molecular weight is 570 g/mol. The second-order valence-electron chi connectivity index (χ2n) is 7.60. The Morgan fingerprint density at radius 3 is 2.31 bits per heavy atom. The number of carbonyl (C=O) groups is 2. The van der Waals surface area contributed by atoms with Crippen LogP contribution in [0.15, 0.2) is 76.1 Å². The minimum atomic E-state index is -0.533. The van der Waals surface area contributed by atoms with Crippen molar-refractivity contribution in [3.8, 4) is 5.75 Å². The second-order valence-corrected chi connectivity index (χ2v) is 9.44. The number of carbonyl (C=O) groups excluding carboxylic acids is 2. The maximum Gasteiger partial charge on any atom is 0.293 e. The zero-order chi connectivity index (χ0) is 25.8. The van der Waals surface area contributed by atoms with Crippen molar-refractivity contribution in [3.63, 3.8) is 0 Å². The Hall–Kier alpha value is -4.03. The number of amides is 2. The number of halogens is 1. The van der Waals surface area contributed by atoms with Crippen LogP contribution >= 0.6 is 27.7 Å². The highest BCUT2D eigenvalue weighted by Crippen LogP contribution is 2.35. The van der Waals surface area contributed by atoms with Crippen molar-refractivity contribution < 1.29 is 24.2 Å². The van der Waals surface area contributed by atoms with Crippen LogP contribution in [-0.4, -0.2) is 25.9 Å². The molecule has 1 heterocycles. The molecule has 3 aromatic carbocycles. The fourth-order valence-corrected chi connectivity index (χ4v) is 4.69. The van der Waals surface area contributed by atoms with E-state index in [-0.39, 0.29) is 29.4 Å². The number of thioether (sulfide) groups is 1. The van der Waals surface area contributed by atoms with Crippen LogP contribution in [0.4, 0.5) is 16.2 Å². The summed E-state index contributed by atoms with van der Waals surface area (Å²) in [6.07, 6.45) is 1.59. The van der Waals surface area contributed by atoms with Gasteiger partial charge in [-0.25, -0.2) is 0 Å². The van der Waals surface area contributed by atoms with Gasteiger partial charge in [0.15, 0.2) is 0 Å². The Balaban J connectivity index is 1.43. The van der Waals surface area contributed by atoms with Crippen molar-refractivity contribution in [1.29, 1.82) is 0 Å². The summed E-state index contributed by atoms with van der Waals surface area (Å²) in [6, 6.07) is 17.0. The fraction of sp³-hybridized carbons (Fsp3) is 0.0833. The highest BCUT2D eigenvalue weighted by atomic mass is 79.9. The van der Waals surface area contributed by atoms with E-state index in [1.165, 1.54) is 30.3 Å². The van der Waals surface area contributed by atoms with Gasteiger partial charge < -0.3 is 4.74 Å². The normalized spacial score (nSPS) is 14.4. The van der Waals surface area contributed by atoms with Crippen LogP contribution in [0.25, 0.3) is 6.08 Å². The third-order valence-electron chi connectivity index (χ3n) is 5.13. The maximum atomic E-state index is 12.8. The summed E-state index contributed by atoms with van der Waals surface area (Å²) in [5.41, 5.74) is 1.78. The lowest BCUT2D eigenvalue weighted by atomic mass is 10.1. The predicted octanol–water partition coefficient (Wildman–Crippen LogP) is 6.08. The van der Waals surface area contributed by atoms with Gasteiger partial charge in [-0.15, -0.1) is 0 Å². The van der Waals surface area contributed by atoms with Gasteiger partial charge in [0.1, 0.15) is 12.4 Å².